The molecule has 1 heterocycles. The number of fused-ring (bicyclic) bond motifs is 7. The first-order valence-electron chi connectivity index (χ1n) is 14.2. The molecule has 0 saturated heterocycles. The predicted octanol–water partition coefficient (Wildman–Crippen LogP) is 9.00. The summed E-state index contributed by atoms with van der Waals surface area (Å²) in [6.07, 6.45) is 1.92. The van der Waals surface area contributed by atoms with E-state index in [4.69, 9.17) is 4.98 Å². The topological polar surface area (TPSA) is 30.0 Å². The lowest BCUT2D eigenvalue weighted by atomic mass is 9.86. The summed E-state index contributed by atoms with van der Waals surface area (Å²) in [7, 11) is -3.17. The molecule has 198 valence electrons. The minimum Gasteiger partial charge on any atom is -0.307 e. The number of hydrogen-bond acceptors (Lipinski definition) is 2. The molecule has 0 spiro atoms. The molecular formula is C39H26NOP. The maximum Gasteiger partial charge on any atom is 0.188 e. The van der Waals surface area contributed by atoms with E-state index in [0.29, 0.717) is 5.44 Å². The molecule has 8 rings (SSSR count). The Balaban J connectivity index is 1.44. The Morgan fingerprint density at radius 3 is 1.55 bits per heavy atom. The molecule has 0 radical (unpaired) electrons. The minimum atomic E-state index is -3.17. The van der Waals surface area contributed by atoms with Gasteiger partial charge in [-0.3, -0.25) is 4.98 Å². The number of hydrogen-bond donors (Lipinski definition) is 0. The van der Waals surface area contributed by atoms with Gasteiger partial charge in [0, 0.05) is 22.4 Å². The van der Waals surface area contributed by atoms with Crippen molar-refractivity contribution in [1.29, 1.82) is 0 Å². The van der Waals surface area contributed by atoms with Gasteiger partial charge in [-0.1, -0.05) is 140 Å². The van der Waals surface area contributed by atoms with Crippen molar-refractivity contribution in [3.8, 4) is 11.1 Å². The summed E-state index contributed by atoms with van der Waals surface area (Å²) in [6, 6.07) is 51.8. The monoisotopic (exact) mass is 555 g/mol. The smallest absolute Gasteiger partial charge is 0.188 e. The molecule has 0 fully saturated rings. The Labute approximate surface area is 244 Å². The van der Waals surface area contributed by atoms with Gasteiger partial charge in [-0.15, -0.1) is 0 Å². The number of aromatic nitrogens is 1. The van der Waals surface area contributed by atoms with Crippen LogP contribution in [0.1, 0.15) is 0 Å². The van der Waals surface area contributed by atoms with E-state index in [1.165, 1.54) is 43.1 Å². The van der Waals surface area contributed by atoms with Crippen molar-refractivity contribution in [2.45, 2.75) is 0 Å². The van der Waals surface area contributed by atoms with E-state index in [1.54, 1.807) is 0 Å². The lowest BCUT2D eigenvalue weighted by molar-refractivity contribution is 0.592. The molecule has 3 heteroatoms. The van der Waals surface area contributed by atoms with Gasteiger partial charge in [0.2, 0.25) is 0 Å². The summed E-state index contributed by atoms with van der Waals surface area (Å²) in [5.41, 5.74) is 2.75. The van der Waals surface area contributed by atoms with Gasteiger partial charge in [-0.25, -0.2) is 0 Å². The predicted molar refractivity (Wildman–Crippen MR) is 179 cm³/mol. The van der Waals surface area contributed by atoms with E-state index in [2.05, 4.69) is 84.9 Å². The zero-order valence-electron chi connectivity index (χ0n) is 22.8. The van der Waals surface area contributed by atoms with Crippen molar-refractivity contribution in [3.05, 3.63) is 158 Å². The summed E-state index contributed by atoms with van der Waals surface area (Å²) in [4.78, 5) is 4.97. The van der Waals surface area contributed by atoms with Crippen molar-refractivity contribution in [1.82, 2.24) is 4.98 Å². The van der Waals surface area contributed by atoms with E-state index in [1.807, 2.05) is 72.9 Å². The second-order valence-electron chi connectivity index (χ2n) is 10.7. The summed E-state index contributed by atoms with van der Waals surface area (Å²) in [5.74, 6) is 0. The molecule has 0 N–H and O–H groups in total. The standard InChI is InChI=1S/C39H26NOP/c41-42(29-14-3-1-4-15-29,30-16-5-2-6-17-30)37-24-23-28(26-40-37)38-31-18-8-7-13-27(31)25-36-34-21-10-9-19-32(34)33-20-11-12-22-35(33)39(36)38/h1-26H. The zero-order chi connectivity index (χ0) is 28.1. The highest BCUT2D eigenvalue weighted by Crippen LogP contribution is 2.45. The molecule has 42 heavy (non-hydrogen) atoms. The second-order valence-corrected chi connectivity index (χ2v) is 13.4. The highest BCUT2D eigenvalue weighted by atomic mass is 31.2. The summed E-state index contributed by atoms with van der Waals surface area (Å²) >= 11 is 0. The van der Waals surface area contributed by atoms with Crippen LogP contribution in [0.5, 0.6) is 0 Å². The van der Waals surface area contributed by atoms with Gasteiger partial charge >= 0.3 is 0 Å². The molecule has 0 unspecified atom stereocenters. The molecule has 0 atom stereocenters. The Hall–Kier alpha value is -5.04. The molecule has 0 amide bonds. The maximum absolute atomic E-state index is 14.9. The molecule has 0 saturated carbocycles. The molecule has 0 aliphatic heterocycles. The fourth-order valence-electron chi connectivity index (χ4n) is 6.44. The first kappa shape index (κ1) is 24.7. The van der Waals surface area contributed by atoms with Crippen molar-refractivity contribution in [3.63, 3.8) is 0 Å². The fourth-order valence-corrected chi connectivity index (χ4v) is 8.95. The molecule has 7 aromatic carbocycles. The summed E-state index contributed by atoms with van der Waals surface area (Å²) in [6.45, 7) is 0. The Bertz CT molecular complexity index is 2270. The van der Waals surface area contributed by atoms with Crippen molar-refractivity contribution < 1.29 is 4.57 Å². The summed E-state index contributed by atoms with van der Waals surface area (Å²) in [5, 5.41) is 11.3. The van der Waals surface area contributed by atoms with E-state index in [-0.39, 0.29) is 0 Å². The number of benzene rings is 7. The van der Waals surface area contributed by atoms with Gasteiger partial charge in [0.15, 0.2) is 7.14 Å². The average molecular weight is 556 g/mol. The quantitative estimate of drug-likeness (QED) is 0.123. The van der Waals surface area contributed by atoms with Crippen molar-refractivity contribution >= 4 is 66.3 Å². The molecule has 8 aromatic rings. The van der Waals surface area contributed by atoms with E-state index in [9.17, 15) is 4.57 Å². The lowest BCUT2D eigenvalue weighted by Gasteiger charge is -2.20. The third-order valence-electron chi connectivity index (χ3n) is 8.35. The first-order valence-corrected chi connectivity index (χ1v) is 15.9. The Morgan fingerprint density at radius 1 is 0.452 bits per heavy atom. The van der Waals surface area contributed by atoms with Gasteiger partial charge in [-0.05, 0) is 60.8 Å². The third kappa shape index (κ3) is 3.73. The molecular weight excluding hydrogens is 529 g/mol. The molecule has 0 aliphatic rings. The fraction of sp³-hybridized carbons (Fsp3) is 0. The highest BCUT2D eigenvalue weighted by molar-refractivity contribution is 7.85. The zero-order valence-corrected chi connectivity index (χ0v) is 23.7. The van der Waals surface area contributed by atoms with Gasteiger partial charge in [0.1, 0.15) is 5.44 Å². The van der Waals surface area contributed by atoms with Gasteiger partial charge in [-0.2, -0.15) is 0 Å². The summed E-state index contributed by atoms with van der Waals surface area (Å²) < 4.78 is 14.9. The minimum absolute atomic E-state index is 0.587. The van der Waals surface area contributed by atoms with Crippen LogP contribution in [0.25, 0.3) is 54.2 Å². The van der Waals surface area contributed by atoms with Crippen molar-refractivity contribution in [2.24, 2.45) is 0 Å². The van der Waals surface area contributed by atoms with Crippen LogP contribution < -0.4 is 16.0 Å². The van der Waals surface area contributed by atoms with E-state index >= 15 is 0 Å². The molecule has 2 nitrogen and oxygen atoms in total. The Morgan fingerprint density at radius 2 is 0.952 bits per heavy atom. The lowest BCUT2D eigenvalue weighted by Crippen LogP contribution is -2.26. The highest BCUT2D eigenvalue weighted by Gasteiger charge is 2.31. The normalized spacial score (nSPS) is 11.9. The SMILES string of the molecule is O=P(c1ccccc1)(c1ccccc1)c1ccc(-c2c3ccccc3cc3c4ccccc4c4ccccc4c23)cn1. The van der Waals surface area contributed by atoms with Crippen LogP contribution >= 0.6 is 7.14 Å². The maximum atomic E-state index is 14.9. The third-order valence-corrected chi connectivity index (χ3v) is 11.3. The van der Waals surface area contributed by atoms with Crippen LogP contribution in [0.15, 0.2) is 158 Å². The van der Waals surface area contributed by atoms with Crippen LogP contribution in [0.2, 0.25) is 0 Å². The van der Waals surface area contributed by atoms with Gasteiger partial charge in [0.25, 0.3) is 0 Å². The molecule has 0 bridgehead atoms. The van der Waals surface area contributed by atoms with Crippen molar-refractivity contribution in [2.75, 3.05) is 0 Å². The van der Waals surface area contributed by atoms with Crippen LogP contribution in [-0.2, 0) is 4.57 Å². The van der Waals surface area contributed by atoms with Crippen LogP contribution in [0.3, 0.4) is 0 Å². The van der Waals surface area contributed by atoms with Crippen LogP contribution in [0.4, 0.5) is 0 Å². The second kappa shape index (κ2) is 9.80. The average Bonchev–Trinajstić information content (AvgIpc) is 3.08. The number of nitrogens with zero attached hydrogens (tertiary/aromatic N) is 1. The van der Waals surface area contributed by atoms with E-state index < -0.39 is 7.14 Å². The van der Waals surface area contributed by atoms with Gasteiger partial charge < -0.3 is 4.57 Å². The number of pyridine rings is 1. The molecule has 0 aliphatic carbocycles. The molecule has 1 aromatic heterocycles. The van der Waals surface area contributed by atoms with E-state index in [0.717, 1.165) is 21.7 Å². The number of rotatable bonds is 4. The first-order chi connectivity index (χ1) is 20.7. The van der Waals surface area contributed by atoms with Crippen LogP contribution in [-0.4, -0.2) is 4.98 Å². The van der Waals surface area contributed by atoms with Crippen LogP contribution in [0, 0.1) is 0 Å². The Kier molecular flexibility index (Phi) is 5.77. The van der Waals surface area contributed by atoms with Gasteiger partial charge in [0.05, 0.1) is 0 Å². The largest absolute Gasteiger partial charge is 0.307 e.